The van der Waals surface area contributed by atoms with E-state index in [0.717, 1.165) is 37.2 Å². The summed E-state index contributed by atoms with van der Waals surface area (Å²) in [7, 11) is 0. The lowest BCUT2D eigenvalue weighted by Gasteiger charge is -2.18. The van der Waals surface area contributed by atoms with Gasteiger partial charge in [-0.05, 0) is 36.2 Å². The van der Waals surface area contributed by atoms with E-state index in [1.165, 1.54) is 17.8 Å². The van der Waals surface area contributed by atoms with Gasteiger partial charge in [-0.2, -0.15) is 13.2 Å². The van der Waals surface area contributed by atoms with Crippen molar-refractivity contribution in [1.29, 1.82) is 0 Å². The number of hydrogen-bond acceptors (Lipinski definition) is 2. The molecule has 1 fully saturated rings. The van der Waals surface area contributed by atoms with Gasteiger partial charge in [0.2, 0.25) is 0 Å². The Balaban J connectivity index is 1.44. The average molecular weight is 335 g/mol. The zero-order valence-corrected chi connectivity index (χ0v) is 13.3. The summed E-state index contributed by atoms with van der Waals surface area (Å²) >= 11 is 0. The largest absolute Gasteiger partial charge is 0.416 e. The van der Waals surface area contributed by atoms with Crippen molar-refractivity contribution < 1.29 is 17.9 Å². The number of hydrogen-bond donors (Lipinski definition) is 0. The van der Waals surface area contributed by atoms with E-state index in [4.69, 9.17) is 4.74 Å². The van der Waals surface area contributed by atoms with Crippen LogP contribution in [0.3, 0.4) is 0 Å². The first kappa shape index (κ1) is 16.8. The predicted molar refractivity (Wildman–Crippen MR) is 87.9 cm³/mol. The van der Waals surface area contributed by atoms with Crippen LogP contribution in [0.4, 0.5) is 18.9 Å². The zero-order chi connectivity index (χ0) is 17.0. The summed E-state index contributed by atoms with van der Waals surface area (Å²) in [5.74, 6) is 0.458. The summed E-state index contributed by atoms with van der Waals surface area (Å²) in [6.45, 7) is 2.94. The van der Waals surface area contributed by atoms with E-state index in [9.17, 15) is 13.2 Å². The monoisotopic (exact) mass is 335 g/mol. The molecule has 0 saturated carbocycles. The van der Waals surface area contributed by atoms with Gasteiger partial charge in [-0.1, -0.05) is 30.3 Å². The molecule has 0 radical (unpaired) electrons. The first-order chi connectivity index (χ1) is 11.5. The van der Waals surface area contributed by atoms with Gasteiger partial charge in [0.25, 0.3) is 0 Å². The second kappa shape index (κ2) is 7.26. The summed E-state index contributed by atoms with van der Waals surface area (Å²) in [5, 5.41) is 0. The van der Waals surface area contributed by atoms with Crippen LogP contribution in [0.2, 0.25) is 0 Å². The molecule has 0 spiro atoms. The minimum absolute atomic E-state index is 0.347. The molecule has 3 rings (SSSR count). The van der Waals surface area contributed by atoms with Gasteiger partial charge in [-0.15, -0.1) is 0 Å². The van der Waals surface area contributed by atoms with Crippen molar-refractivity contribution in [2.75, 3.05) is 24.6 Å². The van der Waals surface area contributed by atoms with E-state index in [1.807, 2.05) is 18.2 Å². The van der Waals surface area contributed by atoms with Crippen LogP contribution < -0.4 is 4.90 Å². The van der Waals surface area contributed by atoms with E-state index >= 15 is 0 Å². The molecule has 0 aliphatic carbocycles. The van der Waals surface area contributed by atoms with Gasteiger partial charge in [-0.25, -0.2) is 0 Å². The number of alkyl halides is 3. The van der Waals surface area contributed by atoms with Gasteiger partial charge < -0.3 is 9.64 Å². The third-order valence-electron chi connectivity index (χ3n) is 4.31. The van der Waals surface area contributed by atoms with Crippen molar-refractivity contribution in [3.05, 3.63) is 65.7 Å². The maximum Gasteiger partial charge on any atom is 0.416 e. The Hall–Kier alpha value is -2.01. The van der Waals surface area contributed by atoms with Crippen molar-refractivity contribution in [3.8, 4) is 0 Å². The van der Waals surface area contributed by atoms with Crippen LogP contribution in [0.25, 0.3) is 0 Å². The fourth-order valence-electron chi connectivity index (χ4n) is 2.98. The average Bonchev–Trinajstić information content (AvgIpc) is 3.04. The van der Waals surface area contributed by atoms with Crippen LogP contribution in [0, 0.1) is 5.92 Å². The molecular weight excluding hydrogens is 315 g/mol. The van der Waals surface area contributed by atoms with E-state index in [0.29, 0.717) is 19.1 Å². The van der Waals surface area contributed by atoms with Gasteiger partial charge in [0, 0.05) is 24.7 Å². The van der Waals surface area contributed by atoms with Gasteiger partial charge in [0.05, 0.1) is 18.8 Å². The van der Waals surface area contributed by atoms with Crippen LogP contribution in [0.1, 0.15) is 17.5 Å². The third kappa shape index (κ3) is 4.29. The van der Waals surface area contributed by atoms with E-state index in [-0.39, 0.29) is 0 Å². The highest BCUT2D eigenvalue weighted by atomic mass is 19.4. The normalized spacial score (nSPS) is 18.1. The van der Waals surface area contributed by atoms with Crippen LogP contribution in [0.5, 0.6) is 0 Å². The van der Waals surface area contributed by atoms with Gasteiger partial charge >= 0.3 is 6.18 Å². The summed E-state index contributed by atoms with van der Waals surface area (Å²) in [4.78, 5) is 2.34. The standard InChI is InChI=1S/C19H20F3NO/c20-19(21,22)17-8-6-15(7-9-17)13-24-14-16-10-11-23(12-16)18-4-2-1-3-5-18/h1-9,16H,10-14H2/t16-/m0/s1. The first-order valence-electron chi connectivity index (χ1n) is 8.06. The molecular formula is C19H20F3NO. The number of nitrogens with zero attached hydrogens (tertiary/aromatic N) is 1. The summed E-state index contributed by atoms with van der Waals surface area (Å²) in [5.41, 5.74) is 1.36. The van der Waals surface area contributed by atoms with Gasteiger partial charge in [0.1, 0.15) is 0 Å². The fraction of sp³-hybridized carbons (Fsp3) is 0.368. The molecule has 0 aromatic heterocycles. The lowest BCUT2D eigenvalue weighted by atomic mass is 10.1. The Bertz CT molecular complexity index is 640. The molecule has 0 amide bonds. The van der Waals surface area contributed by atoms with Gasteiger partial charge in [0.15, 0.2) is 0 Å². The molecule has 1 heterocycles. The van der Waals surface area contributed by atoms with Crippen molar-refractivity contribution in [2.45, 2.75) is 19.2 Å². The summed E-state index contributed by atoms with van der Waals surface area (Å²) in [6, 6.07) is 15.4. The van der Waals surface area contributed by atoms with Crippen molar-refractivity contribution in [1.82, 2.24) is 0 Å². The predicted octanol–water partition coefficient (Wildman–Crippen LogP) is 4.75. The number of benzene rings is 2. The Morgan fingerprint density at radius 3 is 2.38 bits per heavy atom. The van der Waals surface area contributed by atoms with Gasteiger partial charge in [-0.3, -0.25) is 0 Å². The maximum atomic E-state index is 12.5. The lowest BCUT2D eigenvalue weighted by Crippen LogP contribution is -2.21. The molecule has 1 aliphatic heterocycles. The number of anilines is 1. The molecule has 1 saturated heterocycles. The molecule has 0 bridgehead atoms. The number of halogens is 3. The number of ether oxygens (including phenoxy) is 1. The Morgan fingerprint density at radius 1 is 1.00 bits per heavy atom. The maximum absolute atomic E-state index is 12.5. The molecule has 1 aliphatic rings. The van der Waals surface area contributed by atoms with Crippen LogP contribution in [0.15, 0.2) is 54.6 Å². The second-order valence-electron chi connectivity index (χ2n) is 6.15. The molecule has 24 heavy (non-hydrogen) atoms. The molecule has 0 unspecified atom stereocenters. The molecule has 2 aromatic carbocycles. The molecule has 2 nitrogen and oxygen atoms in total. The van der Waals surface area contributed by atoms with E-state index in [2.05, 4.69) is 17.0 Å². The van der Waals surface area contributed by atoms with E-state index < -0.39 is 11.7 Å². The fourth-order valence-corrected chi connectivity index (χ4v) is 2.98. The Morgan fingerprint density at radius 2 is 1.71 bits per heavy atom. The molecule has 1 atom stereocenters. The van der Waals surface area contributed by atoms with Crippen LogP contribution >= 0.6 is 0 Å². The van der Waals surface area contributed by atoms with Crippen molar-refractivity contribution in [2.24, 2.45) is 5.92 Å². The topological polar surface area (TPSA) is 12.5 Å². The summed E-state index contributed by atoms with van der Waals surface area (Å²) in [6.07, 6.45) is -3.22. The van der Waals surface area contributed by atoms with Crippen molar-refractivity contribution in [3.63, 3.8) is 0 Å². The molecule has 0 N–H and O–H groups in total. The number of para-hydroxylation sites is 1. The second-order valence-corrected chi connectivity index (χ2v) is 6.15. The first-order valence-corrected chi connectivity index (χ1v) is 8.06. The highest BCUT2D eigenvalue weighted by Crippen LogP contribution is 2.29. The zero-order valence-electron chi connectivity index (χ0n) is 13.3. The van der Waals surface area contributed by atoms with Crippen LogP contribution in [-0.4, -0.2) is 19.7 Å². The summed E-state index contributed by atoms with van der Waals surface area (Å²) < 4.78 is 43.3. The highest BCUT2D eigenvalue weighted by molar-refractivity contribution is 5.46. The minimum Gasteiger partial charge on any atom is -0.376 e. The Kier molecular flexibility index (Phi) is 5.09. The third-order valence-corrected chi connectivity index (χ3v) is 4.31. The van der Waals surface area contributed by atoms with Crippen molar-refractivity contribution >= 4 is 5.69 Å². The molecule has 128 valence electrons. The minimum atomic E-state index is -4.29. The lowest BCUT2D eigenvalue weighted by molar-refractivity contribution is -0.137. The van der Waals surface area contributed by atoms with Crippen LogP contribution in [-0.2, 0) is 17.5 Å². The smallest absolute Gasteiger partial charge is 0.376 e. The Labute approximate surface area is 139 Å². The SMILES string of the molecule is FC(F)(F)c1ccc(COC[C@H]2CCN(c3ccccc3)C2)cc1. The number of rotatable bonds is 5. The van der Waals surface area contributed by atoms with E-state index in [1.54, 1.807) is 0 Å². The highest BCUT2D eigenvalue weighted by Gasteiger charge is 2.30. The molecule has 2 aromatic rings. The molecule has 5 heteroatoms. The quantitative estimate of drug-likeness (QED) is 0.782.